The summed E-state index contributed by atoms with van der Waals surface area (Å²) in [5.41, 5.74) is 0.589. The first-order chi connectivity index (χ1) is 5.46. The lowest BCUT2D eigenvalue weighted by Crippen LogP contribution is -2.44. The molecule has 0 aliphatic carbocycles. The van der Waals surface area contributed by atoms with Crippen molar-refractivity contribution in [1.82, 2.24) is 4.90 Å². The monoisotopic (exact) mass is 169 g/mol. The normalized spacial score (nSPS) is 39.0. The lowest BCUT2D eigenvalue weighted by molar-refractivity contribution is 0.0537. The molecule has 1 heterocycles. The number of hydrogen-bond donors (Lipinski definition) is 0. The Labute approximate surface area is 77.1 Å². The third-order valence-electron chi connectivity index (χ3n) is 3.94. The Hall–Kier alpha value is -0.0400. The van der Waals surface area contributed by atoms with E-state index < -0.39 is 0 Å². The van der Waals surface area contributed by atoms with Crippen LogP contribution in [-0.2, 0) is 0 Å². The molecule has 0 aromatic carbocycles. The van der Waals surface area contributed by atoms with Crippen LogP contribution in [0.4, 0.5) is 0 Å². The van der Waals surface area contributed by atoms with Gasteiger partial charge in [0.25, 0.3) is 0 Å². The topological polar surface area (TPSA) is 3.24 Å². The molecule has 0 saturated carbocycles. The van der Waals surface area contributed by atoms with Crippen molar-refractivity contribution < 1.29 is 0 Å². The second-order valence-corrected chi connectivity index (χ2v) is 5.09. The summed E-state index contributed by atoms with van der Waals surface area (Å²) in [5, 5.41) is 0. The Morgan fingerprint density at radius 1 is 1.42 bits per heavy atom. The molecule has 1 saturated heterocycles. The molecule has 72 valence electrons. The first-order valence-electron chi connectivity index (χ1n) is 5.16. The minimum Gasteiger partial charge on any atom is -0.304 e. The largest absolute Gasteiger partial charge is 0.304 e. The van der Waals surface area contributed by atoms with E-state index in [1.54, 1.807) is 0 Å². The average molecular weight is 169 g/mol. The highest BCUT2D eigenvalue weighted by molar-refractivity contribution is 4.87. The van der Waals surface area contributed by atoms with Crippen LogP contribution in [-0.4, -0.2) is 24.5 Å². The van der Waals surface area contributed by atoms with Gasteiger partial charge in [0.05, 0.1) is 0 Å². The zero-order valence-corrected chi connectivity index (χ0v) is 9.22. The fourth-order valence-electron chi connectivity index (χ4n) is 2.11. The Balaban J connectivity index is 2.60. The minimum atomic E-state index is 0.589. The molecule has 0 aromatic rings. The first-order valence-corrected chi connectivity index (χ1v) is 5.16. The second kappa shape index (κ2) is 3.37. The number of piperidine rings is 1. The van der Waals surface area contributed by atoms with Crippen LogP contribution in [0.5, 0.6) is 0 Å². The van der Waals surface area contributed by atoms with E-state index in [0.717, 1.165) is 12.0 Å². The number of hydrogen-bond acceptors (Lipinski definition) is 1. The maximum atomic E-state index is 2.48. The number of rotatable bonds is 1. The van der Waals surface area contributed by atoms with E-state index in [0.29, 0.717) is 5.41 Å². The molecule has 1 fully saturated rings. The van der Waals surface area contributed by atoms with Gasteiger partial charge >= 0.3 is 0 Å². The zero-order valence-electron chi connectivity index (χ0n) is 9.22. The molecular weight excluding hydrogens is 146 g/mol. The van der Waals surface area contributed by atoms with E-state index >= 15 is 0 Å². The van der Waals surface area contributed by atoms with Crippen LogP contribution in [0, 0.1) is 11.3 Å². The number of nitrogens with zero attached hydrogens (tertiary/aromatic N) is 1. The van der Waals surface area contributed by atoms with Crippen molar-refractivity contribution in [3.05, 3.63) is 0 Å². The molecule has 0 N–H and O–H groups in total. The summed E-state index contributed by atoms with van der Waals surface area (Å²) in [7, 11) is 2.24. The Morgan fingerprint density at radius 2 is 2.00 bits per heavy atom. The molecule has 1 nitrogen and oxygen atoms in total. The molecule has 0 spiro atoms. The van der Waals surface area contributed by atoms with Crippen LogP contribution >= 0.6 is 0 Å². The maximum absolute atomic E-state index is 2.48. The van der Waals surface area contributed by atoms with Gasteiger partial charge in [-0.3, -0.25) is 0 Å². The summed E-state index contributed by atoms with van der Waals surface area (Å²) in [6.45, 7) is 10.8. The summed E-state index contributed by atoms with van der Waals surface area (Å²) in [4.78, 5) is 2.48. The Morgan fingerprint density at radius 3 is 2.42 bits per heavy atom. The van der Waals surface area contributed by atoms with Crippen molar-refractivity contribution >= 4 is 0 Å². The zero-order chi connectivity index (χ0) is 9.35. The molecular formula is C11H23N. The van der Waals surface area contributed by atoms with Gasteiger partial charge in [-0.15, -0.1) is 0 Å². The van der Waals surface area contributed by atoms with Crippen LogP contribution in [0.2, 0.25) is 0 Å². The van der Waals surface area contributed by atoms with Gasteiger partial charge in [0.2, 0.25) is 0 Å². The predicted octanol–water partition coefficient (Wildman–Crippen LogP) is 2.76. The molecule has 2 atom stereocenters. The second-order valence-electron chi connectivity index (χ2n) is 5.09. The standard InChI is InChI=1S/C11H23N/c1-9(2)11(4)6-7-12(5)10(3)8-11/h9-10H,6-8H2,1-5H3/t10-,11-/m1/s1. The average Bonchev–Trinajstić information content (AvgIpc) is 1.97. The molecule has 0 radical (unpaired) electrons. The summed E-state index contributed by atoms with van der Waals surface area (Å²) >= 11 is 0. The third-order valence-corrected chi connectivity index (χ3v) is 3.94. The fraction of sp³-hybridized carbons (Fsp3) is 1.00. The lowest BCUT2D eigenvalue weighted by atomic mass is 9.70. The minimum absolute atomic E-state index is 0.589. The van der Waals surface area contributed by atoms with Crippen molar-refractivity contribution in [2.45, 2.75) is 46.6 Å². The van der Waals surface area contributed by atoms with E-state index in [4.69, 9.17) is 0 Å². The SMILES string of the molecule is CC(C)[C@]1(C)CCN(C)[C@H](C)C1. The van der Waals surface area contributed by atoms with E-state index in [1.807, 2.05) is 0 Å². The summed E-state index contributed by atoms with van der Waals surface area (Å²) in [5.74, 6) is 0.827. The molecule has 1 aliphatic heterocycles. The molecule has 12 heavy (non-hydrogen) atoms. The van der Waals surface area contributed by atoms with E-state index in [-0.39, 0.29) is 0 Å². The van der Waals surface area contributed by atoms with E-state index in [2.05, 4.69) is 39.6 Å². The van der Waals surface area contributed by atoms with E-state index in [9.17, 15) is 0 Å². The summed E-state index contributed by atoms with van der Waals surface area (Å²) in [6, 6.07) is 0.770. The highest BCUT2D eigenvalue weighted by atomic mass is 15.1. The van der Waals surface area contributed by atoms with Crippen molar-refractivity contribution in [1.29, 1.82) is 0 Å². The Kier molecular flexibility index (Phi) is 2.82. The highest BCUT2D eigenvalue weighted by Gasteiger charge is 2.34. The van der Waals surface area contributed by atoms with Gasteiger partial charge in [-0.2, -0.15) is 0 Å². The van der Waals surface area contributed by atoms with Gasteiger partial charge in [0.15, 0.2) is 0 Å². The van der Waals surface area contributed by atoms with E-state index in [1.165, 1.54) is 19.4 Å². The smallest absolute Gasteiger partial charge is 0.00691 e. The molecule has 1 rings (SSSR count). The van der Waals surface area contributed by atoms with Gasteiger partial charge in [-0.1, -0.05) is 20.8 Å². The molecule has 0 amide bonds. The highest BCUT2D eigenvalue weighted by Crippen LogP contribution is 2.39. The number of likely N-dealkylation sites (tertiary alicyclic amines) is 1. The van der Waals surface area contributed by atoms with Gasteiger partial charge in [0, 0.05) is 6.04 Å². The van der Waals surface area contributed by atoms with Crippen molar-refractivity contribution in [2.75, 3.05) is 13.6 Å². The van der Waals surface area contributed by atoms with Crippen LogP contribution in [0.3, 0.4) is 0 Å². The van der Waals surface area contributed by atoms with Crippen molar-refractivity contribution in [2.24, 2.45) is 11.3 Å². The van der Waals surface area contributed by atoms with Crippen molar-refractivity contribution in [3.8, 4) is 0 Å². The lowest BCUT2D eigenvalue weighted by Gasteiger charge is -2.44. The molecule has 0 aromatic heterocycles. The van der Waals surface area contributed by atoms with Crippen molar-refractivity contribution in [3.63, 3.8) is 0 Å². The molecule has 0 bridgehead atoms. The molecule has 1 aliphatic rings. The van der Waals surface area contributed by atoms with Crippen LogP contribution in [0.1, 0.15) is 40.5 Å². The molecule has 0 unspecified atom stereocenters. The van der Waals surface area contributed by atoms with Crippen LogP contribution < -0.4 is 0 Å². The summed E-state index contributed by atoms with van der Waals surface area (Å²) < 4.78 is 0. The van der Waals surface area contributed by atoms with Gasteiger partial charge in [-0.25, -0.2) is 0 Å². The third kappa shape index (κ3) is 1.82. The Bertz CT molecular complexity index is 153. The quantitative estimate of drug-likeness (QED) is 0.583. The molecule has 1 heteroatoms. The van der Waals surface area contributed by atoms with Crippen LogP contribution in [0.15, 0.2) is 0 Å². The maximum Gasteiger partial charge on any atom is 0.00691 e. The predicted molar refractivity (Wildman–Crippen MR) is 54.3 cm³/mol. The summed E-state index contributed by atoms with van der Waals surface area (Å²) in [6.07, 6.45) is 2.73. The van der Waals surface area contributed by atoms with Gasteiger partial charge in [-0.05, 0) is 44.7 Å². The van der Waals surface area contributed by atoms with Gasteiger partial charge < -0.3 is 4.90 Å². The first kappa shape index (κ1) is 10.0. The van der Waals surface area contributed by atoms with Crippen LogP contribution in [0.25, 0.3) is 0 Å². The fourth-order valence-corrected chi connectivity index (χ4v) is 2.11. The van der Waals surface area contributed by atoms with Gasteiger partial charge in [0.1, 0.15) is 0 Å².